The molecule has 0 unspecified atom stereocenters. The lowest BCUT2D eigenvalue weighted by Gasteiger charge is -2.30. The summed E-state index contributed by atoms with van der Waals surface area (Å²) in [6, 6.07) is 15.9. The lowest BCUT2D eigenvalue weighted by molar-refractivity contribution is 0.283. The minimum absolute atomic E-state index is 0.105. The van der Waals surface area contributed by atoms with Crippen molar-refractivity contribution in [1.82, 2.24) is 0 Å². The molecule has 0 heterocycles. The molecular formula is C29H37O3P. The molecule has 0 aliphatic rings. The standard InChI is InChI=1S/C29H37O3P/c1-18-13-21(28(3,4)5)26(31)24(15-18)33(23-12-10-9-11-20(23)17-30)25-16-19(2)14-22(27(25)32)29(6,7)8/h9-16,30-32H,17H2,1-8H3. The average Bonchev–Trinajstić information content (AvgIpc) is 2.71. The average molecular weight is 465 g/mol. The smallest absolute Gasteiger partial charge is 0.127 e. The maximum absolute atomic E-state index is 11.6. The third kappa shape index (κ3) is 5.10. The van der Waals surface area contributed by atoms with E-state index in [2.05, 4.69) is 41.5 Å². The monoisotopic (exact) mass is 464 g/mol. The molecule has 3 nitrogen and oxygen atoms in total. The molecule has 33 heavy (non-hydrogen) atoms. The van der Waals surface area contributed by atoms with Gasteiger partial charge < -0.3 is 15.3 Å². The first-order chi connectivity index (χ1) is 15.3. The van der Waals surface area contributed by atoms with Gasteiger partial charge in [-0.1, -0.05) is 77.9 Å². The highest BCUT2D eigenvalue weighted by molar-refractivity contribution is 7.80. The Labute approximate surface area is 199 Å². The van der Waals surface area contributed by atoms with E-state index in [1.165, 1.54) is 0 Å². The van der Waals surface area contributed by atoms with Crippen LogP contribution in [-0.4, -0.2) is 15.3 Å². The minimum Gasteiger partial charge on any atom is -0.507 e. The zero-order valence-corrected chi connectivity index (χ0v) is 22.0. The number of phenolic OH excluding ortho intramolecular Hbond substituents is 2. The predicted molar refractivity (Wildman–Crippen MR) is 141 cm³/mol. The second kappa shape index (κ2) is 9.12. The number of aryl methyl sites for hydroxylation is 2. The number of aromatic hydroxyl groups is 2. The molecule has 0 aromatic heterocycles. The van der Waals surface area contributed by atoms with Gasteiger partial charge in [-0.25, -0.2) is 0 Å². The number of hydrogen-bond acceptors (Lipinski definition) is 3. The van der Waals surface area contributed by atoms with Gasteiger partial charge in [-0.3, -0.25) is 0 Å². The van der Waals surface area contributed by atoms with Crippen molar-refractivity contribution in [3.05, 3.63) is 76.3 Å². The number of aliphatic hydroxyl groups excluding tert-OH is 1. The topological polar surface area (TPSA) is 60.7 Å². The molecule has 176 valence electrons. The maximum Gasteiger partial charge on any atom is 0.127 e. The Kier molecular flexibility index (Phi) is 6.99. The number of rotatable bonds is 4. The Hall–Kier alpha value is -2.35. The summed E-state index contributed by atoms with van der Waals surface area (Å²) in [5, 5.41) is 35.8. The Bertz CT molecular complexity index is 1100. The van der Waals surface area contributed by atoms with E-state index in [-0.39, 0.29) is 28.9 Å². The van der Waals surface area contributed by atoms with Gasteiger partial charge >= 0.3 is 0 Å². The molecule has 0 aliphatic heterocycles. The van der Waals surface area contributed by atoms with E-state index in [1.807, 2.05) is 62.4 Å². The van der Waals surface area contributed by atoms with Crippen molar-refractivity contribution in [2.24, 2.45) is 0 Å². The largest absolute Gasteiger partial charge is 0.507 e. The number of hydrogen-bond donors (Lipinski definition) is 3. The molecule has 3 aromatic carbocycles. The molecule has 3 aromatic rings. The molecule has 0 aliphatic carbocycles. The highest BCUT2D eigenvalue weighted by Crippen LogP contribution is 2.45. The van der Waals surface area contributed by atoms with E-state index in [4.69, 9.17) is 0 Å². The van der Waals surface area contributed by atoms with Crippen LogP contribution in [0.3, 0.4) is 0 Å². The molecule has 0 fully saturated rings. The van der Waals surface area contributed by atoms with Crippen LogP contribution in [-0.2, 0) is 17.4 Å². The first-order valence-electron chi connectivity index (χ1n) is 11.4. The quantitative estimate of drug-likeness (QED) is 0.443. The van der Waals surface area contributed by atoms with Gasteiger partial charge in [-0.05, 0) is 66.7 Å². The maximum atomic E-state index is 11.6. The second-order valence-electron chi connectivity index (χ2n) is 11.0. The first kappa shape index (κ1) is 25.3. The van der Waals surface area contributed by atoms with Gasteiger partial charge in [0, 0.05) is 21.7 Å². The summed E-state index contributed by atoms with van der Waals surface area (Å²) in [5.74, 6) is 0.537. The Morgan fingerprint density at radius 2 is 1.09 bits per heavy atom. The molecule has 0 spiro atoms. The Balaban J connectivity index is 2.47. The minimum atomic E-state index is -1.33. The van der Waals surface area contributed by atoms with Gasteiger partial charge in [0.25, 0.3) is 0 Å². The third-order valence-corrected chi connectivity index (χ3v) is 8.53. The van der Waals surface area contributed by atoms with Crippen molar-refractivity contribution >= 4 is 23.8 Å². The zero-order chi connectivity index (χ0) is 24.7. The van der Waals surface area contributed by atoms with Gasteiger partial charge in [0.2, 0.25) is 0 Å². The number of aliphatic hydroxyl groups is 1. The summed E-state index contributed by atoms with van der Waals surface area (Å²) < 4.78 is 0. The van der Waals surface area contributed by atoms with Crippen LogP contribution in [0.5, 0.6) is 11.5 Å². The van der Waals surface area contributed by atoms with Gasteiger partial charge in [0.15, 0.2) is 0 Å². The van der Waals surface area contributed by atoms with E-state index < -0.39 is 7.92 Å². The molecule has 3 N–H and O–H groups in total. The zero-order valence-electron chi connectivity index (χ0n) is 21.1. The number of phenols is 2. The highest BCUT2D eigenvalue weighted by atomic mass is 31.1. The molecule has 0 radical (unpaired) electrons. The molecule has 4 heteroatoms. The van der Waals surface area contributed by atoms with Crippen LogP contribution in [0.1, 0.15) is 69.4 Å². The Morgan fingerprint density at radius 1 is 0.667 bits per heavy atom. The van der Waals surface area contributed by atoms with Crippen molar-refractivity contribution in [3.63, 3.8) is 0 Å². The summed E-state index contributed by atoms with van der Waals surface area (Å²) in [6.45, 7) is 16.5. The summed E-state index contributed by atoms with van der Waals surface area (Å²) in [7, 11) is -1.33. The van der Waals surface area contributed by atoms with Crippen molar-refractivity contribution in [2.45, 2.75) is 72.8 Å². The molecule has 0 atom stereocenters. The number of benzene rings is 3. The second-order valence-corrected chi connectivity index (χ2v) is 13.1. The van der Waals surface area contributed by atoms with Crippen LogP contribution < -0.4 is 15.9 Å². The van der Waals surface area contributed by atoms with Crippen molar-refractivity contribution in [3.8, 4) is 11.5 Å². The molecule has 0 amide bonds. The molecule has 0 saturated heterocycles. The van der Waals surface area contributed by atoms with Crippen LogP contribution in [0.15, 0.2) is 48.5 Å². The van der Waals surface area contributed by atoms with Crippen molar-refractivity contribution < 1.29 is 15.3 Å². The van der Waals surface area contributed by atoms with E-state index in [0.29, 0.717) is 0 Å². The van der Waals surface area contributed by atoms with E-state index >= 15 is 0 Å². The SMILES string of the molecule is Cc1cc(P(c2ccccc2CO)c2cc(C)cc(C(C)(C)C)c2O)c(O)c(C(C)(C)C)c1. The molecular weight excluding hydrogens is 427 g/mol. The summed E-state index contributed by atoms with van der Waals surface area (Å²) in [4.78, 5) is 0. The Morgan fingerprint density at radius 3 is 1.48 bits per heavy atom. The van der Waals surface area contributed by atoms with Crippen LogP contribution in [0, 0.1) is 13.8 Å². The summed E-state index contributed by atoms with van der Waals surface area (Å²) in [6.07, 6.45) is 0. The van der Waals surface area contributed by atoms with Crippen LogP contribution in [0.2, 0.25) is 0 Å². The lowest BCUT2D eigenvalue weighted by atomic mass is 9.85. The van der Waals surface area contributed by atoms with Gasteiger partial charge in [0.05, 0.1) is 6.61 Å². The fourth-order valence-electron chi connectivity index (χ4n) is 4.26. The fraction of sp³-hybridized carbons (Fsp3) is 0.379. The normalized spacial score (nSPS) is 12.4. The summed E-state index contributed by atoms with van der Waals surface area (Å²) in [5.41, 5.74) is 4.21. The van der Waals surface area contributed by atoms with Gasteiger partial charge in [0.1, 0.15) is 11.5 Å². The fourth-order valence-corrected chi connectivity index (χ4v) is 7.03. The van der Waals surface area contributed by atoms with Crippen molar-refractivity contribution in [2.75, 3.05) is 0 Å². The van der Waals surface area contributed by atoms with Gasteiger partial charge in [-0.15, -0.1) is 0 Å². The predicted octanol–water partition coefficient (Wildman–Crippen LogP) is 5.56. The van der Waals surface area contributed by atoms with Crippen LogP contribution in [0.25, 0.3) is 0 Å². The third-order valence-electron chi connectivity index (χ3n) is 5.97. The highest BCUT2D eigenvalue weighted by Gasteiger charge is 2.31. The molecule has 3 rings (SSSR count). The van der Waals surface area contributed by atoms with E-state index in [9.17, 15) is 15.3 Å². The van der Waals surface area contributed by atoms with Gasteiger partial charge in [-0.2, -0.15) is 0 Å². The molecule has 0 bridgehead atoms. The van der Waals surface area contributed by atoms with E-state index in [0.717, 1.165) is 43.7 Å². The van der Waals surface area contributed by atoms with Crippen LogP contribution >= 0.6 is 7.92 Å². The lowest BCUT2D eigenvalue weighted by Crippen LogP contribution is -2.27. The van der Waals surface area contributed by atoms with Crippen molar-refractivity contribution in [1.29, 1.82) is 0 Å². The summed E-state index contributed by atoms with van der Waals surface area (Å²) >= 11 is 0. The van der Waals surface area contributed by atoms with Crippen LogP contribution in [0.4, 0.5) is 0 Å². The molecule has 0 saturated carbocycles. The van der Waals surface area contributed by atoms with E-state index in [1.54, 1.807) is 0 Å². The first-order valence-corrected chi connectivity index (χ1v) is 12.8.